The molecule has 2 atom stereocenters. The van der Waals surface area contributed by atoms with Gasteiger partial charge >= 0.3 is 5.97 Å². The molecule has 4 heteroatoms. The predicted molar refractivity (Wildman–Crippen MR) is 42.4 cm³/mol. The van der Waals surface area contributed by atoms with Gasteiger partial charge in [0.25, 0.3) is 0 Å². The van der Waals surface area contributed by atoms with Gasteiger partial charge in [0, 0.05) is 7.11 Å². The highest BCUT2D eigenvalue weighted by Gasteiger charge is 2.20. The lowest BCUT2D eigenvalue weighted by molar-refractivity contribution is -0.140. The Morgan fingerprint density at radius 3 is 2.58 bits per heavy atom. The first-order valence-corrected chi connectivity index (χ1v) is 3.80. The minimum atomic E-state index is -1.08. The average molecular weight is 171 g/mol. The Balaban J connectivity index is 4.02. The molecule has 0 aromatic carbocycles. The van der Waals surface area contributed by atoms with Crippen LogP contribution in [-0.2, 0) is 9.53 Å². The van der Waals surface area contributed by atoms with E-state index in [0.717, 1.165) is 6.42 Å². The summed E-state index contributed by atoms with van der Waals surface area (Å²) in [6.45, 7) is 1.89. The molecule has 1 N–H and O–H groups in total. The summed E-state index contributed by atoms with van der Waals surface area (Å²) in [5.74, 6) is -2.03. The lowest BCUT2D eigenvalue weighted by atomic mass is 10.0. The Morgan fingerprint density at radius 2 is 2.33 bits per heavy atom. The average Bonchev–Trinajstić information content (AvgIpc) is 2.06. The first-order valence-electron chi connectivity index (χ1n) is 3.80. The van der Waals surface area contributed by atoms with Gasteiger partial charge in [-0.3, -0.25) is 4.79 Å². The maximum Gasteiger partial charge on any atom is 0.320 e. The molecule has 0 radical (unpaired) electrons. The highest BCUT2D eigenvalue weighted by atomic mass is 16.5. The summed E-state index contributed by atoms with van der Waals surface area (Å²) in [6, 6.07) is 1.72. The van der Waals surface area contributed by atoms with E-state index in [2.05, 4.69) is 0 Å². The molecule has 0 amide bonds. The first kappa shape index (κ1) is 10.9. The summed E-state index contributed by atoms with van der Waals surface area (Å²) in [7, 11) is 1.52. The molecular formula is C8H13NO3. The van der Waals surface area contributed by atoms with Gasteiger partial charge < -0.3 is 9.84 Å². The zero-order valence-corrected chi connectivity index (χ0v) is 7.28. The number of rotatable bonds is 5. The third-order valence-corrected chi connectivity index (χ3v) is 1.74. The molecule has 0 aliphatic rings. The Labute approximate surface area is 71.8 Å². The number of carboxylic acid groups (broad SMARTS) is 1. The van der Waals surface area contributed by atoms with E-state index >= 15 is 0 Å². The predicted octanol–water partition coefficient (Wildman–Crippen LogP) is 1.03. The SMILES string of the molecule is CCC(CC(C#N)C(=O)O)OC. The van der Waals surface area contributed by atoms with Gasteiger partial charge in [-0.15, -0.1) is 0 Å². The van der Waals surface area contributed by atoms with Gasteiger partial charge in [-0.1, -0.05) is 6.92 Å². The maximum atomic E-state index is 10.4. The minimum absolute atomic E-state index is 0.134. The van der Waals surface area contributed by atoms with Crippen molar-refractivity contribution >= 4 is 5.97 Å². The largest absolute Gasteiger partial charge is 0.480 e. The van der Waals surface area contributed by atoms with Crippen LogP contribution >= 0.6 is 0 Å². The quantitative estimate of drug-likeness (QED) is 0.670. The molecule has 0 aromatic rings. The summed E-state index contributed by atoms with van der Waals surface area (Å²) in [5, 5.41) is 17.0. The van der Waals surface area contributed by atoms with Gasteiger partial charge in [0.15, 0.2) is 0 Å². The van der Waals surface area contributed by atoms with Crippen LogP contribution in [0.2, 0.25) is 0 Å². The van der Waals surface area contributed by atoms with Crippen molar-refractivity contribution in [1.82, 2.24) is 0 Å². The number of hydrogen-bond donors (Lipinski definition) is 1. The van der Waals surface area contributed by atoms with Gasteiger partial charge in [0.2, 0.25) is 0 Å². The van der Waals surface area contributed by atoms with Gasteiger partial charge in [0.1, 0.15) is 5.92 Å². The molecule has 68 valence electrons. The summed E-state index contributed by atoms with van der Waals surface area (Å²) < 4.78 is 4.97. The van der Waals surface area contributed by atoms with Crippen LogP contribution in [0.1, 0.15) is 19.8 Å². The molecule has 12 heavy (non-hydrogen) atoms. The number of carboxylic acids is 1. The van der Waals surface area contributed by atoms with E-state index < -0.39 is 11.9 Å². The topological polar surface area (TPSA) is 70.3 Å². The second-order valence-electron chi connectivity index (χ2n) is 2.52. The van der Waals surface area contributed by atoms with Crippen molar-refractivity contribution in [3.05, 3.63) is 0 Å². The fraction of sp³-hybridized carbons (Fsp3) is 0.750. The number of hydrogen-bond acceptors (Lipinski definition) is 3. The summed E-state index contributed by atoms with van der Waals surface area (Å²) in [6.07, 6.45) is 0.853. The Morgan fingerprint density at radius 1 is 1.75 bits per heavy atom. The molecule has 0 heterocycles. The lowest BCUT2D eigenvalue weighted by Crippen LogP contribution is -2.20. The molecule has 0 saturated carbocycles. The van der Waals surface area contributed by atoms with E-state index in [1.54, 1.807) is 6.07 Å². The number of carbonyl (C=O) groups is 1. The molecular weight excluding hydrogens is 158 g/mol. The van der Waals surface area contributed by atoms with E-state index in [1.165, 1.54) is 7.11 Å². The minimum Gasteiger partial charge on any atom is -0.480 e. The van der Waals surface area contributed by atoms with Gasteiger partial charge in [-0.05, 0) is 12.8 Å². The number of aliphatic carboxylic acids is 1. The van der Waals surface area contributed by atoms with E-state index in [4.69, 9.17) is 15.1 Å². The Hall–Kier alpha value is -1.08. The van der Waals surface area contributed by atoms with Crippen LogP contribution in [0, 0.1) is 17.2 Å². The number of nitriles is 1. The second kappa shape index (κ2) is 5.56. The molecule has 0 aliphatic carbocycles. The lowest BCUT2D eigenvalue weighted by Gasteiger charge is -2.13. The van der Waals surface area contributed by atoms with Crippen molar-refractivity contribution in [2.45, 2.75) is 25.9 Å². The third kappa shape index (κ3) is 3.35. The molecule has 4 nitrogen and oxygen atoms in total. The van der Waals surface area contributed by atoms with Crippen LogP contribution in [0.3, 0.4) is 0 Å². The molecule has 0 fully saturated rings. The van der Waals surface area contributed by atoms with Crippen molar-refractivity contribution in [3.63, 3.8) is 0 Å². The smallest absolute Gasteiger partial charge is 0.320 e. The fourth-order valence-electron chi connectivity index (χ4n) is 0.901. The van der Waals surface area contributed by atoms with Crippen molar-refractivity contribution in [3.8, 4) is 6.07 Å². The van der Waals surface area contributed by atoms with Crippen molar-refractivity contribution in [2.24, 2.45) is 5.92 Å². The van der Waals surface area contributed by atoms with Crippen molar-refractivity contribution < 1.29 is 14.6 Å². The number of nitrogens with zero attached hydrogens (tertiary/aromatic N) is 1. The van der Waals surface area contributed by atoms with Crippen molar-refractivity contribution in [1.29, 1.82) is 5.26 Å². The summed E-state index contributed by atoms with van der Waals surface area (Å²) in [5.41, 5.74) is 0. The third-order valence-electron chi connectivity index (χ3n) is 1.74. The zero-order chi connectivity index (χ0) is 9.56. The standard InChI is InChI=1S/C8H13NO3/c1-3-7(12-2)4-6(5-9)8(10)11/h6-7H,3-4H2,1-2H3,(H,10,11). The normalized spacial score (nSPS) is 14.8. The van der Waals surface area contributed by atoms with Crippen LogP contribution in [0.5, 0.6) is 0 Å². The summed E-state index contributed by atoms with van der Waals surface area (Å²) >= 11 is 0. The van der Waals surface area contributed by atoms with Crippen LogP contribution in [-0.4, -0.2) is 24.3 Å². The van der Waals surface area contributed by atoms with Crippen LogP contribution in [0.15, 0.2) is 0 Å². The molecule has 2 unspecified atom stereocenters. The second-order valence-corrected chi connectivity index (χ2v) is 2.52. The van der Waals surface area contributed by atoms with E-state index in [-0.39, 0.29) is 12.5 Å². The number of methoxy groups -OCH3 is 1. The van der Waals surface area contributed by atoms with E-state index in [1.807, 2.05) is 6.92 Å². The van der Waals surface area contributed by atoms with E-state index in [0.29, 0.717) is 0 Å². The van der Waals surface area contributed by atoms with Crippen LogP contribution in [0.25, 0.3) is 0 Å². The molecule has 0 saturated heterocycles. The Bertz CT molecular complexity index is 181. The molecule has 0 aromatic heterocycles. The molecule has 0 aliphatic heterocycles. The molecule has 0 rings (SSSR count). The highest BCUT2D eigenvalue weighted by molar-refractivity contribution is 5.72. The zero-order valence-electron chi connectivity index (χ0n) is 7.28. The Kier molecular flexibility index (Phi) is 5.06. The van der Waals surface area contributed by atoms with Crippen LogP contribution < -0.4 is 0 Å². The highest BCUT2D eigenvalue weighted by Crippen LogP contribution is 2.11. The fourth-order valence-corrected chi connectivity index (χ4v) is 0.901. The first-order chi connectivity index (χ1) is 5.65. The molecule has 0 spiro atoms. The van der Waals surface area contributed by atoms with E-state index in [9.17, 15) is 4.79 Å². The maximum absolute atomic E-state index is 10.4. The number of ether oxygens (including phenoxy) is 1. The van der Waals surface area contributed by atoms with Gasteiger partial charge in [-0.25, -0.2) is 0 Å². The molecule has 0 bridgehead atoms. The van der Waals surface area contributed by atoms with Crippen LogP contribution in [0.4, 0.5) is 0 Å². The summed E-state index contributed by atoms with van der Waals surface area (Å²) in [4.78, 5) is 10.4. The monoisotopic (exact) mass is 171 g/mol. The van der Waals surface area contributed by atoms with Gasteiger partial charge in [-0.2, -0.15) is 5.26 Å². The van der Waals surface area contributed by atoms with Crippen molar-refractivity contribution in [2.75, 3.05) is 7.11 Å². The van der Waals surface area contributed by atoms with Gasteiger partial charge in [0.05, 0.1) is 12.2 Å².